The van der Waals surface area contributed by atoms with Gasteiger partial charge >= 0.3 is 5.97 Å². The number of nitrogens with one attached hydrogen (secondary N) is 2. The molecule has 0 saturated heterocycles. The fourth-order valence-corrected chi connectivity index (χ4v) is 2.17. The lowest BCUT2D eigenvalue weighted by molar-refractivity contribution is 0.0697. The highest BCUT2D eigenvalue weighted by atomic mass is 32.2. The summed E-state index contributed by atoms with van der Waals surface area (Å²) in [7, 11) is 0. The Morgan fingerprint density at radius 2 is 2.11 bits per heavy atom. The van der Waals surface area contributed by atoms with Crippen LogP contribution < -0.4 is 10.0 Å². The van der Waals surface area contributed by atoms with Crippen LogP contribution in [0.25, 0.3) is 0 Å². The molecular weight excluding hydrogens is 254 g/mol. The number of hydrogen-bond acceptors (Lipinski definition) is 6. The van der Waals surface area contributed by atoms with Gasteiger partial charge in [-0.1, -0.05) is 0 Å². The first-order valence-electron chi connectivity index (χ1n) is 4.97. The number of carboxylic acid groups (broad SMARTS) is 1. The molecule has 1 aromatic carbocycles. The zero-order valence-electron chi connectivity index (χ0n) is 9.04. The lowest BCUT2D eigenvalue weighted by Crippen LogP contribution is -2.18. The molecule has 1 aliphatic heterocycles. The highest BCUT2D eigenvalue weighted by molar-refractivity contribution is 8.01. The van der Waals surface area contributed by atoms with Crippen molar-refractivity contribution < 1.29 is 15.0 Å². The predicted molar refractivity (Wildman–Crippen MR) is 66.4 cm³/mol. The summed E-state index contributed by atoms with van der Waals surface area (Å²) in [5.41, 5.74) is 1.04. The maximum absolute atomic E-state index is 10.7. The van der Waals surface area contributed by atoms with E-state index in [9.17, 15) is 9.90 Å². The molecule has 1 heterocycles. The minimum atomic E-state index is -0.995. The van der Waals surface area contributed by atoms with Crippen molar-refractivity contribution in [1.29, 1.82) is 5.26 Å². The Morgan fingerprint density at radius 3 is 2.67 bits per heavy atom. The van der Waals surface area contributed by atoms with Gasteiger partial charge in [0.05, 0.1) is 5.56 Å². The van der Waals surface area contributed by atoms with E-state index in [1.807, 2.05) is 6.07 Å². The first kappa shape index (κ1) is 12.4. The fraction of sp³-hybridized carbons (Fsp3) is 0.0909. The van der Waals surface area contributed by atoms with Crippen LogP contribution in [0, 0.1) is 11.3 Å². The van der Waals surface area contributed by atoms with E-state index >= 15 is 0 Å². The van der Waals surface area contributed by atoms with E-state index in [-0.39, 0.29) is 11.1 Å². The first-order chi connectivity index (χ1) is 8.61. The second-order valence-corrected chi connectivity index (χ2v) is 4.33. The molecule has 1 aromatic rings. The van der Waals surface area contributed by atoms with Gasteiger partial charge in [-0.15, -0.1) is 0 Å². The standard InChI is InChI=1S/C11H9N3O3S/c12-5-8-9(15)14-18-10(8)13-7-3-1-6(2-4-7)11(16)17/h1-4,9,13-15H,(H,16,17). The molecule has 0 bridgehead atoms. The summed E-state index contributed by atoms with van der Waals surface area (Å²) in [6.07, 6.45) is -0.985. The molecule has 2 rings (SSSR count). The molecule has 0 aromatic heterocycles. The maximum atomic E-state index is 10.7. The summed E-state index contributed by atoms with van der Waals surface area (Å²) in [6, 6.07) is 8.01. The van der Waals surface area contributed by atoms with E-state index in [1.54, 1.807) is 12.1 Å². The summed E-state index contributed by atoms with van der Waals surface area (Å²) in [4.78, 5) is 10.7. The van der Waals surface area contributed by atoms with Gasteiger partial charge < -0.3 is 15.5 Å². The van der Waals surface area contributed by atoms with E-state index in [0.717, 1.165) is 11.9 Å². The molecule has 18 heavy (non-hydrogen) atoms. The highest BCUT2D eigenvalue weighted by Gasteiger charge is 2.24. The largest absolute Gasteiger partial charge is 0.478 e. The van der Waals surface area contributed by atoms with Crippen molar-refractivity contribution in [3.63, 3.8) is 0 Å². The van der Waals surface area contributed by atoms with Gasteiger partial charge in [0.25, 0.3) is 0 Å². The van der Waals surface area contributed by atoms with E-state index < -0.39 is 12.2 Å². The molecule has 1 unspecified atom stereocenters. The third-order valence-corrected chi connectivity index (χ3v) is 3.17. The van der Waals surface area contributed by atoms with Crippen LogP contribution in [0.5, 0.6) is 0 Å². The summed E-state index contributed by atoms with van der Waals surface area (Å²) in [5.74, 6) is -0.995. The molecule has 0 spiro atoms. The van der Waals surface area contributed by atoms with Crippen molar-refractivity contribution in [3.8, 4) is 6.07 Å². The molecule has 1 aliphatic rings. The summed E-state index contributed by atoms with van der Waals surface area (Å²) in [6.45, 7) is 0. The minimum Gasteiger partial charge on any atom is -0.478 e. The molecule has 0 amide bonds. The average molecular weight is 263 g/mol. The first-order valence-corrected chi connectivity index (χ1v) is 5.78. The Kier molecular flexibility index (Phi) is 3.53. The zero-order chi connectivity index (χ0) is 13.1. The van der Waals surface area contributed by atoms with Gasteiger partial charge in [-0.05, 0) is 36.2 Å². The van der Waals surface area contributed by atoms with Crippen molar-refractivity contribution in [2.45, 2.75) is 6.23 Å². The number of hydrogen-bond donors (Lipinski definition) is 4. The van der Waals surface area contributed by atoms with E-state index in [2.05, 4.69) is 10.0 Å². The molecule has 1 atom stereocenters. The maximum Gasteiger partial charge on any atom is 0.335 e. The number of nitriles is 1. The quantitative estimate of drug-likeness (QED) is 0.605. The Bertz CT molecular complexity index is 548. The Morgan fingerprint density at radius 1 is 1.44 bits per heavy atom. The third kappa shape index (κ3) is 2.46. The number of carboxylic acids is 1. The number of anilines is 1. The van der Waals surface area contributed by atoms with Gasteiger partial charge in [-0.2, -0.15) is 5.26 Å². The number of benzene rings is 1. The molecule has 0 aliphatic carbocycles. The second kappa shape index (κ2) is 5.10. The SMILES string of the molecule is N#CC1=C(Nc2ccc(C(=O)O)cc2)SNC1O. The predicted octanol–water partition coefficient (Wildman–Crippen LogP) is 1.10. The summed E-state index contributed by atoms with van der Waals surface area (Å²) < 4.78 is 2.64. The number of nitrogens with zero attached hydrogens (tertiary/aromatic N) is 1. The van der Waals surface area contributed by atoms with Crippen LogP contribution in [0.3, 0.4) is 0 Å². The number of aromatic carboxylic acids is 1. The Balaban J connectivity index is 2.18. The molecule has 0 saturated carbocycles. The zero-order valence-corrected chi connectivity index (χ0v) is 9.86. The van der Waals surface area contributed by atoms with Crippen LogP contribution in [-0.2, 0) is 0 Å². The van der Waals surface area contributed by atoms with Gasteiger partial charge in [-0.3, -0.25) is 0 Å². The topological polar surface area (TPSA) is 105 Å². The van der Waals surface area contributed by atoms with Crippen LogP contribution in [0.1, 0.15) is 10.4 Å². The van der Waals surface area contributed by atoms with E-state index in [1.165, 1.54) is 12.1 Å². The van der Waals surface area contributed by atoms with E-state index in [0.29, 0.717) is 10.7 Å². The number of carbonyl (C=O) groups is 1. The van der Waals surface area contributed by atoms with Crippen molar-refractivity contribution in [1.82, 2.24) is 4.72 Å². The minimum absolute atomic E-state index is 0.187. The Labute approximate surface area is 107 Å². The van der Waals surface area contributed by atoms with Crippen molar-refractivity contribution >= 4 is 23.6 Å². The van der Waals surface area contributed by atoms with E-state index in [4.69, 9.17) is 10.4 Å². The van der Waals surface area contributed by atoms with Crippen molar-refractivity contribution in [3.05, 3.63) is 40.4 Å². The lowest BCUT2D eigenvalue weighted by atomic mass is 10.2. The van der Waals surface area contributed by atoms with Crippen LogP contribution in [0.4, 0.5) is 5.69 Å². The van der Waals surface area contributed by atoms with Crippen molar-refractivity contribution in [2.75, 3.05) is 5.32 Å². The lowest BCUT2D eigenvalue weighted by Gasteiger charge is -2.06. The second-order valence-electron chi connectivity index (χ2n) is 3.48. The monoisotopic (exact) mass is 263 g/mol. The third-order valence-electron chi connectivity index (χ3n) is 2.30. The number of rotatable bonds is 3. The number of aliphatic hydroxyl groups is 1. The molecule has 0 radical (unpaired) electrons. The summed E-state index contributed by atoms with van der Waals surface area (Å²) in [5, 5.41) is 30.5. The van der Waals surface area contributed by atoms with Crippen LogP contribution in [-0.4, -0.2) is 22.4 Å². The molecule has 0 fully saturated rings. The van der Waals surface area contributed by atoms with Gasteiger partial charge in [0, 0.05) is 5.69 Å². The van der Waals surface area contributed by atoms with Crippen molar-refractivity contribution in [2.24, 2.45) is 0 Å². The smallest absolute Gasteiger partial charge is 0.335 e. The number of aliphatic hydroxyl groups excluding tert-OH is 1. The molecule has 92 valence electrons. The van der Waals surface area contributed by atoms with Gasteiger partial charge in [-0.25, -0.2) is 9.52 Å². The molecule has 7 heteroatoms. The Hall–Kier alpha value is -2.01. The van der Waals surface area contributed by atoms with Crippen LogP contribution >= 0.6 is 11.9 Å². The molecular formula is C11H9N3O3S. The highest BCUT2D eigenvalue weighted by Crippen LogP contribution is 2.28. The fourth-order valence-electron chi connectivity index (χ4n) is 1.38. The van der Waals surface area contributed by atoms with Gasteiger partial charge in [0.2, 0.25) is 0 Å². The van der Waals surface area contributed by atoms with Crippen LogP contribution in [0.15, 0.2) is 34.9 Å². The molecule has 4 N–H and O–H groups in total. The van der Waals surface area contributed by atoms with Gasteiger partial charge in [0.15, 0.2) is 6.23 Å². The molecule has 6 nitrogen and oxygen atoms in total. The summed E-state index contributed by atoms with van der Waals surface area (Å²) >= 11 is 1.12. The normalized spacial score (nSPS) is 18.6. The average Bonchev–Trinajstić information content (AvgIpc) is 2.70. The van der Waals surface area contributed by atoms with Crippen LogP contribution in [0.2, 0.25) is 0 Å². The van der Waals surface area contributed by atoms with Gasteiger partial charge in [0.1, 0.15) is 16.7 Å².